The molecule has 1 N–H and O–H groups in total. The minimum Gasteiger partial charge on any atom is -0.456 e. The van der Waals surface area contributed by atoms with Crippen molar-refractivity contribution in [3.63, 3.8) is 0 Å². The molecule has 2 nitrogen and oxygen atoms in total. The van der Waals surface area contributed by atoms with Gasteiger partial charge in [0.1, 0.15) is 11.5 Å². The number of rotatable bonds is 6. The van der Waals surface area contributed by atoms with Crippen LogP contribution in [0.2, 0.25) is 5.02 Å². The molecule has 0 amide bonds. The molecule has 2 aromatic carbocycles. The summed E-state index contributed by atoms with van der Waals surface area (Å²) in [5.41, 5.74) is 2.10. The number of hydrogen-bond acceptors (Lipinski definition) is 2. The highest BCUT2D eigenvalue weighted by molar-refractivity contribution is 6.32. The zero-order valence-corrected chi connectivity index (χ0v) is 13.2. The number of unbranched alkanes of at least 4 members (excludes halogenated alkanes) is 1. The van der Waals surface area contributed by atoms with E-state index in [1.807, 2.05) is 18.2 Å². The van der Waals surface area contributed by atoms with Gasteiger partial charge in [-0.05, 0) is 55.2 Å². The van der Waals surface area contributed by atoms with Crippen LogP contribution in [0.1, 0.15) is 43.9 Å². The van der Waals surface area contributed by atoms with Gasteiger partial charge >= 0.3 is 0 Å². The fraction of sp³-hybridized carbons (Fsp3) is 0.333. The van der Waals surface area contributed by atoms with Crippen LogP contribution in [0.25, 0.3) is 0 Å². The van der Waals surface area contributed by atoms with Gasteiger partial charge in [0.25, 0.3) is 0 Å². The molecule has 0 spiro atoms. The Hall–Kier alpha value is -1.51. The van der Waals surface area contributed by atoms with Gasteiger partial charge in [-0.2, -0.15) is 0 Å². The summed E-state index contributed by atoms with van der Waals surface area (Å²) in [6.45, 7) is 3.90. The van der Waals surface area contributed by atoms with Crippen molar-refractivity contribution in [3.8, 4) is 11.5 Å². The second-order valence-electron chi connectivity index (χ2n) is 5.22. The van der Waals surface area contributed by atoms with Crippen molar-refractivity contribution >= 4 is 11.6 Å². The zero-order chi connectivity index (χ0) is 15.2. The van der Waals surface area contributed by atoms with E-state index in [0.717, 1.165) is 17.7 Å². The largest absolute Gasteiger partial charge is 0.456 e. The van der Waals surface area contributed by atoms with Gasteiger partial charge in [-0.25, -0.2) is 0 Å². The predicted molar refractivity (Wildman–Crippen MR) is 87.2 cm³/mol. The van der Waals surface area contributed by atoms with Gasteiger partial charge in [0, 0.05) is 0 Å². The fourth-order valence-corrected chi connectivity index (χ4v) is 2.32. The van der Waals surface area contributed by atoms with E-state index in [0.29, 0.717) is 10.8 Å². The van der Waals surface area contributed by atoms with E-state index in [9.17, 15) is 5.11 Å². The summed E-state index contributed by atoms with van der Waals surface area (Å²) in [6.07, 6.45) is 2.96. The van der Waals surface area contributed by atoms with Crippen molar-refractivity contribution in [1.29, 1.82) is 0 Å². The second-order valence-corrected chi connectivity index (χ2v) is 5.62. The molecule has 0 aliphatic rings. The molecule has 1 atom stereocenters. The first-order chi connectivity index (χ1) is 10.1. The highest BCUT2D eigenvalue weighted by Gasteiger charge is 2.07. The lowest BCUT2D eigenvalue weighted by atomic mass is 10.1. The molecule has 0 saturated carbocycles. The van der Waals surface area contributed by atoms with Crippen LogP contribution in [0.4, 0.5) is 0 Å². The van der Waals surface area contributed by atoms with Crippen molar-refractivity contribution in [1.82, 2.24) is 0 Å². The molecular weight excluding hydrogens is 284 g/mol. The quantitative estimate of drug-likeness (QED) is 0.760. The molecule has 0 aliphatic heterocycles. The summed E-state index contributed by atoms with van der Waals surface area (Å²) in [6, 6.07) is 13.4. The Balaban J connectivity index is 2.07. The standard InChI is InChI=1S/C18H21ClO2/c1-3-4-5-14-6-9-16(10-7-14)21-18-11-8-15(13(2)20)12-17(18)19/h6-13,20H,3-5H2,1-2H3/t13-/m0/s1. The summed E-state index contributed by atoms with van der Waals surface area (Å²) < 4.78 is 5.79. The number of benzene rings is 2. The van der Waals surface area contributed by atoms with Crippen LogP contribution in [0.15, 0.2) is 42.5 Å². The third kappa shape index (κ3) is 4.48. The summed E-state index contributed by atoms with van der Waals surface area (Å²) in [4.78, 5) is 0. The number of aliphatic hydroxyl groups excluding tert-OH is 1. The van der Waals surface area contributed by atoms with E-state index in [1.54, 1.807) is 19.1 Å². The van der Waals surface area contributed by atoms with Gasteiger partial charge in [0.15, 0.2) is 0 Å². The van der Waals surface area contributed by atoms with Crippen LogP contribution in [0.3, 0.4) is 0 Å². The molecule has 0 heterocycles. The molecule has 0 saturated heterocycles. The first kappa shape index (κ1) is 15.9. The summed E-state index contributed by atoms with van der Waals surface area (Å²) in [7, 11) is 0. The van der Waals surface area contributed by atoms with Crippen molar-refractivity contribution in [2.45, 2.75) is 39.2 Å². The Bertz CT molecular complexity index is 576. The molecule has 2 aromatic rings. The third-order valence-corrected chi connectivity index (χ3v) is 3.70. The second kappa shape index (κ2) is 7.48. The molecule has 0 fully saturated rings. The molecule has 0 aliphatic carbocycles. The number of ether oxygens (including phenoxy) is 1. The summed E-state index contributed by atoms with van der Waals surface area (Å²) in [5, 5.41) is 10.0. The van der Waals surface area contributed by atoms with E-state index < -0.39 is 6.10 Å². The maximum atomic E-state index is 9.53. The van der Waals surface area contributed by atoms with Gasteiger partial charge < -0.3 is 9.84 Å². The van der Waals surface area contributed by atoms with Crippen LogP contribution >= 0.6 is 11.6 Å². The van der Waals surface area contributed by atoms with Gasteiger partial charge in [0.2, 0.25) is 0 Å². The topological polar surface area (TPSA) is 29.5 Å². The lowest BCUT2D eigenvalue weighted by Gasteiger charge is -2.11. The van der Waals surface area contributed by atoms with E-state index in [1.165, 1.54) is 18.4 Å². The molecule has 21 heavy (non-hydrogen) atoms. The fourth-order valence-electron chi connectivity index (χ4n) is 2.09. The Morgan fingerprint density at radius 3 is 2.43 bits per heavy atom. The lowest BCUT2D eigenvalue weighted by Crippen LogP contribution is -1.92. The average Bonchev–Trinajstić information content (AvgIpc) is 2.48. The van der Waals surface area contributed by atoms with Gasteiger partial charge in [-0.3, -0.25) is 0 Å². The van der Waals surface area contributed by atoms with Crippen molar-refractivity contribution < 1.29 is 9.84 Å². The van der Waals surface area contributed by atoms with Gasteiger partial charge in [0.05, 0.1) is 11.1 Å². The van der Waals surface area contributed by atoms with Crippen LogP contribution in [-0.2, 0) is 6.42 Å². The first-order valence-corrected chi connectivity index (χ1v) is 7.72. The lowest BCUT2D eigenvalue weighted by molar-refractivity contribution is 0.199. The normalized spacial score (nSPS) is 12.2. The van der Waals surface area contributed by atoms with E-state index in [2.05, 4.69) is 19.1 Å². The highest BCUT2D eigenvalue weighted by atomic mass is 35.5. The van der Waals surface area contributed by atoms with Gasteiger partial charge in [-0.1, -0.05) is 43.1 Å². The molecule has 3 heteroatoms. The van der Waals surface area contributed by atoms with Crippen LogP contribution in [-0.4, -0.2) is 5.11 Å². The number of aliphatic hydroxyl groups is 1. The maximum Gasteiger partial charge on any atom is 0.146 e. The summed E-state index contributed by atoms with van der Waals surface area (Å²) >= 11 is 6.19. The molecule has 0 unspecified atom stereocenters. The minimum absolute atomic E-state index is 0.503. The average molecular weight is 305 g/mol. The van der Waals surface area contributed by atoms with E-state index in [4.69, 9.17) is 16.3 Å². The zero-order valence-electron chi connectivity index (χ0n) is 12.5. The highest BCUT2D eigenvalue weighted by Crippen LogP contribution is 2.31. The number of halogens is 1. The third-order valence-electron chi connectivity index (χ3n) is 3.41. The number of aryl methyl sites for hydroxylation is 1. The predicted octanol–water partition coefficient (Wildman–Crippen LogP) is 5.53. The molecular formula is C18H21ClO2. The Kier molecular flexibility index (Phi) is 5.66. The van der Waals surface area contributed by atoms with Crippen LogP contribution in [0, 0.1) is 0 Å². The Morgan fingerprint density at radius 2 is 1.86 bits per heavy atom. The molecule has 0 bridgehead atoms. The van der Waals surface area contributed by atoms with Crippen molar-refractivity contribution in [3.05, 3.63) is 58.6 Å². The molecule has 2 rings (SSSR count). The SMILES string of the molecule is CCCCc1ccc(Oc2ccc([C@H](C)O)cc2Cl)cc1. The van der Waals surface area contributed by atoms with Crippen LogP contribution < -0.4 is 4.74 Å². The van der Waals surface area contributed by atoms with Crippen molar-refractivity contribution in [2.24, 2.45) is 0 Å². The van der Waals surface area contributed by atoms with Crippen LogP contribution in [0.5, 0.6) is 11.5 Å². The van der Waals surface area contributed by atoms with E-state index >= 15 is 0 Å². The van der Waals surface area contributed by atoms with E-state index in [-0.39, 0.29) is 0 Å². The van der Waals surface area contributed by atoms with Crippen molar-refractivity contribution in [2.75, 3.05) is 0 Å². The molecule has 0 radical (unpaired) electrons. The minimum atomic E-state index is -0.533. The maximum absolute atomic E-state index is 9.53. The monoisotopic (exact) mass is 304 g/mol. The van der Waals surface area contributed by atoms with Gasteiger partial charge in [-0.15, -0.1) is 0 Å². The summed E-state index contributed by atoms with van der Waals surface area (Å²) in [5.74, 6) is 1.37. The first-order valence-electron chi connectivity index (χ1n) is 7.34. The Labute approximate surface area is 131 Å². The molecule has 112 valence electrons. The smallest absolute Gasteiger partial charge is 0.146 e. The Morgan fingerprint density at radius 1 is 1.14 bits per heavy atom. The number of hydrogen-bond donors (Lipinski definition) is 1. The molecule has 0 aromatic heterocycles.